The molecule has 1 heterocycles. The van der Waals surface area contributed by atoms with Crippen LogP contribution in [0.3, 0.4) is 0 Å². The molecule has 5 heteroatoms. The van der Waals surface area contributed by atoms with Crippen molar-refractivity contribution in [2.75, 3.05) is 26.2 Å². The van der Waals surface area contributed by atoms with Crippen LogP contribution < -0.4 is 5.73 Å². The van der Waals surface area contributed by atoms with E-state index >= 15 is 0 Å². The molecule has 1 unspecified atom stereocenters. The highest BCUT2D eigenvalue weighted by molar-refractivity contribution is 5.79. The molecule has 1 saturated heterocycles. The number of nitrogens with zero attached hydrogens (tertiary/aromatic N) is 2. The Balaban J connectivity index is 1.77. The third kappa shape index (κ3) is 4.29. The maximum Gasteiger partial charge on any atom is 0.234 e. The summed E-state index contributed by atoms with van der Waals surface area (Å²) in [6, 6.07) is 9.78. The second kappa shape index (κ2) is 7.22. The zero-order valence-corrected chi connectivity index (χ0v) is 12.5. The summed E-state index contributed by atoms with van der Waals surface area (Å²) in [5.74, 6) is -0.121. The molecule has 0 radical (unpaired) electrons. The molecule has 5 nitrogen and oxygen atoms in total. The molecule has 1 aromatic rings. The van der Waals surface area contributed by atoms with Crippen LogP contribution in [0, 0.1) is 0 Å². The average Bonchev–Trinajstić information content (AvgIpc) is 2.53. The van der Waals surface area contributed by atoms with Crippen molar-refractivity contribution in [2.45, 2.75) is 25.8 Å². The van der Waals surface area contributed by atoms with Crippen molar-refractivity contribution in [3.63, 3.8) is 0 Å². The standard InChI is InChI=1S/C16H23N3O2/c1-13(16(17)21)18-9-11-19(12-10-18)15(20)8-7-14-5-3-2-4-6-14/h2-6,13H,7-12H2,1H3,(H2,17,21). The fourth-order valence-corrected chi connectivity index (χ4v) is 2.59. The molecule has 1 fully saturated rings. The van der Waals surface area contributed by atoms with Gasteiger partial charge in [0, 0.05) is 32.6 Å². The lowest BCUT2D eigenvalue weighted by Gasteiger charge is -2.37. The van der Waals surface area contributed by atoms with Crippen molar-refractivity contribution in [1.82, 2.24) is 9.80 Å². The van der Waals surface area contributed by atoms with Gasteiger partial charge in [0.2, 0.25) is 11.8 Å². The van der Waals surface area contributed by atoms with Gasteiger partial charge in [-0.05, 0) is 18.9 Å². The van der Waals surface area contributed by atoms with Crippen molar-refractivity contribution >= 4 is 11.8 Å². The van der Waals surface area contributed by atoms with Crippen molar-refractivity contribution in [1.29, 1.82) is 0 Å². The van der Waals surface area contributed by atoms with Crippen molar-refractivity contribution < 1.29 is 9.59 Å². The molecule has 1 atom stereocenters. The second-order valence-electron chi connectivity index (χ2n) is 5.48. The monoisotopic (exact) mass is 289 g/mol. The first-order chi connectivity index (χ1) is 10.1. The quantitative estimate of drug-likeness (QED) is 0.865. The normalized spacial score (nSPS) is 17.5. The predicted octanol–water partition coefficient (Wildman–Crippen LogP) is 0.637. The summed E-state index contributed by atoms with van der Waals surface area (Å²) in [7, 11) is 0. The largest absolute Gasteiger partial charge is 0.368 e. The van der Waals surface area contributed by atoms with E-state index in [4.69, 9.17) is 5.73 Å². The highest BCUT2D eigenvalue weighted by Gasteiger charge is 2.25. The number of piperazine rings is 1. The molecule has 2 rings (SSSR count). The number of carbonyl (C=O) groups is 2. The third-order valence-electron chi connectivity index (χ3n) is 4.10. The molecule has 21 heavy (non-hydrogen) atoms. The highest BCUT2D eigenvalue weighted by atomic mass is 16.2. The van der Waals surface area contributed by atoms with Crippen LogP contribution in [-0.2, 0) is 16.0 Å². The van der Waals surface area contributed by atoms with E-state index in [2.05, 4.69) is 0 Å². The number of aryl methyl sites for hydroxylation is 1. The zero-order valence-electron chi connectivity index (χ0n) is 12.5. The lowest BCUT2D eigenvalue weighted by atomic mass is 10.1. The first-order valence-corrected chi connectivity index (χ1v) is 7.43. The molecule has 0 spiro atoms. The van der Waals surface area contributed by atoms with Gasteiger partial charge in [-0.15, -0.1) is 0 Å². The summed E-state index contributed by atoms with van der Waals surface area (Å²) in [4.78, 5) is 27.3. The van der Waals surface area contributed by atoms with Gasteiger partial charge in [-0.25, -0.2) is 0 Å². The van der Waals surface area contributed by atoms with E-state index in [1.54, 1.807) is 0 Å². The van der Waals surface area contributed by atoms with Gasteiger partial charge in [0.1, 0.15) is 0 Å². The van der Waals surface area contributed by atoms with Crippen LogP contribution >= 0.6 is 0 Å². The van der Waals surface area contributed by atoms with E-state index in [1.165, 1.54) is 5.56 Å². The fraction of sp³-hybridized carbons (Fsp3) is 0.500. The molecule has 1 aliphatic rings. The summed E-state index contributed by atoms with van der Waals surface area (Å²) in [5, 5.41) is 0. The first kappa shape index (κ1) is 15.5. The number of primary amides is 1. The summed E-state index contributed by atoms with van der Waals surface area (Å²) in [5.41, 5.74) is 6.50. The lowest BCUT2D eigenvalue weighted by molar-refractivity contribution is -0.133. The topological polar surface area (TPSA) is 66.6 Å². The van der Waals surface area contributed by atoms with Gasteiger partial charge in [0.25, 0.3) is 0 Å². The molecule has 0 bridgehead atoms. The molecular weight excluding hydrogens is 266 g/mol. The number of hydrogen-bond donors (Lipinski definition) is 1. The van der Waals surface area contributed by atoms with Crippen molar-refractivity contribution in [2.24, 2.45) is 5.73 Å². The zero-order chi connectivity index (χ0) is 15.2. The van der Waals surface area contributed by atoms with Crippen LogP contribution in [0.2, 0.25) is 0 Å². The SMILES string of the molecule is CC(C(N)=O)N1CCN(C(=O)CCc2ccccc2)CC1. The molecule has 0 aliphatic carbocycles. The van der Waals surface area contributed by atoms with Crippen LogP contribution in [0.25, 0.3) is 0 Å². The molecule has 1 aliphatic heterocycles. The number of amides is 2. The van der Waals surface area contributed by atoms with E-state index in [1.807, 2.05) is 47.1 Å². The van der Waals surface area contributed by atoms with Gasteiger partial charge in [0.15, 0.2) is 0 Å². The highest BCUT2D eigenvalue weighted by Crippen LogP contribution is 2.09. The van der Waals surface area contributed by atoms with E-state index in [0.29, 0.717) is 32.6 Å². The summed E-state index contributed by atoms with van der Waals surface area (Å²) in [6.07, 6.45) is 1.31. The number of benzene rings is 1. The summed E-state index contributed by atoms with van der Waals surface area (Å²) in [6.45, 7) is 4.58. The Morgan fingerprint density at radius 1 is 1.14 bits per heavy atom. The molecule has 2 N–H and O–H groups in total. The summed E-state index contributed by atoms with van der Waals surface area (Å²) < 4.78 is 0. The van der Waals surface area contributed by atoms with Gasteiger partial charge in [-0.1, -0.05) is 30.3 Å². The second-order valence-corrected chi connectivity index (χ2v) is 5.48. The number of rotatable bonds is 5. The smallest absolute Gasteiger partial charge is 0.234 e. The Bertz CT molecular complexity index is 482. The van der Waals surface area contributed by atoms with Crippen LogP contribution in [0.15, 0.2) is 30.3 Å². The molecule has 2 amide bonds. The van der Waals surface area contributed by atoms with Crippen LogP contribution in [0.5, 0.6) is 0 Å². The minimum absolute atomic E-state index is 0.185. The van der Waals surface area contributed by atoms with E-state index < -0.39 is 0 Å². The maximum absolute atomic E-state index is 12.2. The molecule has 1 aromatic carbocycles. The fourth-order valence-electron chi connectivity index (χ4n) is 2.59. The van der Waals surface area contributed by atoms with Crippen molar-refractivity contribution in [3.05, 3.63) is 35.9 Å². The maximum atomic E-state index is 12.2. The van der Waals surface area contributed by atoms with Gasteiger partial charge >= 0.3 is 0 Å². The van der Waals surface area contributed by atoms with Gasteiger partial charge in [-0.3, -0.25) is 14.5 Å². The van der Waals surface area contributed by atoms with E-state index in [-0.39, 0.29) is 17.9 Å². The van der Waals surface area contributed by atoms with E-state index in [9.17, 15) is 9.59 Å². The number of carbonyl (C=O) groups excluding carboxylic acids is 2. The summed E-state index contributed by atoms with van der Waals surface area (Å²) >= 11 is 0. The lowest BCUT2D eigenvalue weighted by Crippen LogP contribution is -2.54. The van der Waals surface area contributed by atoms with E-state index in [0.717, 1.165) is 6.42 Å². The van der Waals surface area contributed by atoms with Crippen LogP contribution in [-0.4, -0.2) is 53.8 Å². The van der Waals surface area contributed by atoms with Gasteiger partial charge in [0.05, 0.1) is 6.04 Å². The molecular formula is C16H23N3O2. The Labute approximate surface area is 125 Å². The minimum atomic E-state index is -0.307. The molecule has 114 valence electrons. The van der Waals surface area contributed by atoms with Gasteiger partial charge < -0.3 is 10.6 Å². The van der Waals surface area contributed by atoms with Crippen LogP contribution in [0.4, 0.5) is 0 Å². The first-order valence-electron chi connectivity index (χ1n) is 7.43. The van der Waals surface area contributed by atoms with Crippen molar-refractivity contribution in [3.8, 4) is 0 Å². The Kier molecular flexibility index (Phi) is 5.33. The Morgan fingerprint density at radius 2 is 1.76 bits per heavy atom. The molecule has 0 saturated carbocycles. The average molecular weight is 289 g/mol. The van der Waals surface area contributed by atoms with Gasteiger partial charge in [-0.2, -0.15) is 0 Å². The Morgan fingerprint density at radius 3 is 2.33 bits per heavy atom. The van der Waals surface area contributed by atoms with Crippen LogP contribution in [0.1, 0.15) is 18.9 Å². The minimum Gasteiger partial charge on any atom is -0.368 e. The number of hydrogen-bond acceptors (Lipinski definition) is 3. The third-order valence-corrected chi connectivity index (χ3v) is 4.10. The Hall–Kier alpha value is -1.88. The molecule has 0 aromatic heterocycles. The number of nitrogens with two attached hydrogens (primary N) is 1. The predicted molar refractivity (Wildman–Crippen MR) is 81.6 cm³/mol.